The molecule has 1 saturated heterocycles. The molecule has 0 bridgehead atoms. The Hall–Kier alpha value is -3.14. The standard InChI is InChI=1S/C19H23N5O5/c1-3-27-19(26)29-24-8-6-23(7-9-24)18-20-14-5-4-13(11-15(14)28-18)17-12(2)10-16(25)21-22-17/h4-5,11-12H,3,6-10H2,1-2H3,(H,21,25). The Balaban J connectivity index is 1.45. The van der Waals surface area contributed by atoms with Crippen LogP contribution in [0, 0.1) is 5.92 Å². The van der Waals surface area contributed by atoms with Gasteiger partial charge in [-0.2, -0.15) is 10.1 Å². The first-order valence-electron chi connectivity index (χ1n) is 9.65. The van der Waals surface area contributed by atoms with E-state index in [1.165, 1.54) is 0 Å². The van der Waals surface area contributed by atoms with Gasteiger partial charge in [-0.25, -0.2) is 10.2 Å². The number of carbonyl (C=O) groups is 2. The third kappa shape index (κ3) is 4.16. The highest BCUT2D eigenvalue weighted by molar-refractivity contribution is 6.07. The average molecular weight is 401 g/mol. The molecule has 10 heteroatoms. The number of ether oxygens (including phenoxy) is 1. The van der Waals surface area contributed by atoms with E-state index in [0.29, 0.717) is 44.2 Å². The van der Waals surface area contributed by atoms with Gasteiger partial charge >= 0.3 is 6.16 Å². The summed E-state index contributed by atoms with van der Waals surface area (Å²) in [7, 11) is 0. The highest BCUT2D eigenvalue weighted by Crippen LogP contribution is 2.26. The van der Waals surface area contributed by atoms with Crippen LogP contribution in [0.2, 0.25) is 0 Å². The third-order valence-electron chi connectivity index (χ3n) is 4.91. The summed E-state index contributed by atoms with van der Waals surface area (Å²) >= 11 is 0. The highest BCUT2D eigenvalue weighted by atomic mass is 16.8. The van der Waals surface area contributed by atoms with E-state index in [9.17, 15) is 9.59 Å². The summed E-state index contributed by atoms with van der Waals surface area (Å²) in [4.78, 5) is 34.6. The molecule has 154 valence electrons. The number of nitrogens with zero attached hydrogens (tertiary/aromatic N) is 4. The van der Waals surface area contributed by atoms with Crippen molar-refractivity contribution in [2.24, 2.45) is 11.0 Å². The van der Waals surface area contributed by atoms with Crippen LogP contribution < -0.4 is 10.3 Å². The van der Waals surface area contributed by atoms with Crippen molar-refractivity contribution in [3.8, 4) is 0 Å². The molecule has 0 spiro atoms. The second-order valence-corrected chi connectivity index (χ2v) is 7.01. The number of anilines is 1. The number of fused-ring (bicyclic) bond motifs is 1. The molecule has 2 aliphatic heterocycles. The Morgan fingerprint density at radius 3 is 2.83 bits per heavy atom. The Bertz CT molecular complexity index is 948. The van der Waals surface area contributed by atoms with Crippen LogP contribution >= 0.6 is 0 Å². The first-order chi connectivity index (χ1) is 14.0. The van der Waals surface area contributed by atoms with Crippen LogP contribution in [0.4, 0.5) is 10.8 Å². The summed E-state index contributed by atoms with van der Waals surface area (Å²) in [6, 6.07) is 6.26. The number of benzene rings is 1. The molecule has 1 N–H and O–H groups in total. The van der Waals surface area contributed by atoms with Crippen molar-refractivity contribution in [2.45, 2.75) is 20.3 Å². The molecule has 2 aliphatic rings. The zero-order valence-corrected chi connectivity index (χ0v) is 16.4. The minimum atomic E-state index is -0.689. The van der Waals surface area contributed by atoms with E-state index < -0.39 is 6.16 Å². The number of hydrazone groups is 1. The number of oxazole rings is 1. The van der Waals surface area contributed by atoms with Crippen LogP contribution in [0.1, 0.15) is 25.8 Å². The van der Waals surface area contributed by atoms with Gasteiger partial charge in [-0.15, -0.1) is 5.06 Å². The maximum atomic E-state index is 11.5. The highest BCUT2D eigenvalue weighted by Gasteiger charge is 2.25. The summed E-state index contributed by atoms with van der Waals surface area (Å²) in [5.74, 6) is -0.0357. The maximum Gasteiger partial charge on any atom is 0.527 e. The molecule has 1 aromatic carbocycles. The normalized spacial score (nSPS) is 20.3. The summed E-state index contributed by atoms with van der Waals surface area (Å²) in [6.07, 6.45) is -0.275. The van der Waals surface area contributed by atoms with E-state index in [-0.39, 0.29) is 18.4 Å². The monoisotopic (exact) mass is 401 g/mol. The number of hydrogen-bond acceptors (Lipinski definition) is 9. The van der Waals surface area contributed by atoms with Gasteiger partial charge in [-0.1, -0.05) is 13.0 Å². The lowest BCUT2D eigenvalue weighted by Crippen LogP contribution is -2.47. The van der Waals surface area contributed by atoms with E-state index in [1.54, 1.807) is 12.0 Å². The fraction of sp³-hybridized carbons (Fsp3) is 0.474. The first kappa shape index (κ1) is 19.2. The second-order valence-electron chi connectivity index (χ2n) is 7.01. The molecular weight excluding hydrogens is 378 g/mol. The molecule has 1 unspecified atom stereocenters. The Labute approximate surface area is 167 Å². The molecule has 0 aliphatic carbocycles. The molecule has 10 nitrogen and oxygen atoms in total. The van der Waals surface area contributed by atoms with Crippen LogP contribution in [0.3, 0.4) is 0 Å². The molecule has 4 rings (SSSR count). The van der Waals surface area contributed by atoms with Crippen molar-refractivity contribution < 1.29 is 23.6 Å². The average Bonchev–Trinajstić information content (AvgIpc) is 3.12. The predicted octanol–water partition coefficient (Wildman–Crippen LogP) is 1.90. The van der Waals surface area contributed by atoms with Gasteiger partial charge in [0.2, 0.25) is 5.91 Å². The molecule has 0 radical (unpaired) electrons. The molecule has 2 aromatic rings. The van der Waals surface area contributed by atoms with Crippen molar-refractivity contribution in [3.05, 3.63) is 23.8 Å². The van der Waals surface area contributed by atoms with Crippen LogP contribution in [-0.2, 0) is 14.4 Å². The third-order valence-corrected chi connectivity index (χ3v) is 4.91. The Morgan fingerprint density at radius 2 is 2.10 bits per heavy atom. The van der Waals surface area contributed by atoms with Crippen LogP contribution in [0.15, 0.2) is 27.7 Å². The zero-order valence-electron chi connectivity index (χ0n) is 16.4. The summed E-state index contributed by atoms with van der Waals surface area (Å²) in [5, 5.41) is 5.77. The number of nitrogens with one attached hydrogen (secondary N) is 1. The Kier molecular flexibility index (Phi) is 5.34. The minimum Gasteiger partial charge on any atom is -0.433 e. The van der Waals surface area contributed by atoms with E-state index in [0.717, 1.165) is 16.8 Å². The second kappa shape index (κ2) is 8.08. The number of amides is 1. The molecule has 0 saturated carbocycles. The first-order valence-corrected chi connectivity index (χ1v) is 9.65. The van der Waals surface area contributed by atoms with Gasteiger partial charge in [0.05, 0.1) is 25.4 Å². The Morgan fingerprint density at radius 1 is 1.31 bits per heavy atom. The SMILES string of the molecule is CCOC(=O)ON1CCN(c2nc3ccc(C4=NNC(=O)CC4C)cc3o2)CC1. The fourth-order valence-electron chi connectivity index (χ4n) is 3.43. The zero-order chi connectivity index (χ0) is 20.4. The number of hydroxylamine groups is 2. The summed E-state index contributed by atoms with van der Waals surface area (Å²) in [6.45, 7) is 6.25. The van der Waals surface area contributed by atoms with E-state index in [1.807, 2.05) is 30.0 Å². The van der Waals surface area contributed by atoms with Gasteiger partial charge in [0.15, 0.2) is 5.58 Å². The quantitative estimate of drug-likeness (QED) is 0.774. The summed E-state index contributed by atoms with van der Waals surface area (Å²) < 4.78 is 10.8. The van der Waals surface area contributed by atoms with Gasteiger partial charge in [-0.3, -0.25) is 4.79 Å². The number of hydrogen-bond donors (Lipinski definition) is 1. The minimum absolute atomic E-state index is 0.0380. The lowest BCUT2D eigenvalue weighted by molar-refractivity contribution is -0.129. The molecule has 29 heavy (non-hydrogen) atoms. The molecule has 1 amide bonds. The maximum absolute atomic E-state index is 11.5. The number of aromatic nitrogens is 1. The summed E-state index contributed by atoms with van der Waals surface area (Å²) in [5.41, 5.74) is 5.68. The van der Waals surface area contributed by atoms with Gasteiger partial charge in [-0.05, 0) is 19.1 Å². The van der Waals surface area contributed by atoms with Gasteiger partial charge in [0.1, 0.15) is 5.52 Å². The molecule has 1 fully saturated rings. The molecule has 1 atom stereocenters. The van der Waals surface area contributed by atoms with Crippen molar-refractivity contribution >= 4 is 34.9 Å². The number of rotatable bonds is 4. The van der Waals surface area contributed by atoms with Crippen molar-refractivity contribution in [1.82, 2.24) is 15.5 Å². The fourth-order valence-corrected chi connectivity index (χ4v) is 3.43. The van der Waals surface area contributed by atoms with Crippen LogP contribution in [0.5, 0.6) is 0 Å². The number of carbonyl (C=O) groups excluding carboxylic acids is 2. The van der Waals surface area contributed by atoms with Crippen LogP contribution in [-0.4, -0.2) is 60.6 Å². The van der Waals surface area contributed by atoms with E-state index in [4.69, 9.17) is 14.0 Å². The topological polar surface area (TPSA) is 110 Å². The van der Waals surface area contributed by atoms with Gasteiger partial charge in [0.25, 0.3) is 6.01 Å². The van der Waals surface area contributed by atoms with Crippen molar-refractivity contribution in [3.63, 3.8) is 0 Å². The van der Waals surface area contributed by atoms with Crippen LogP contribution in [0.25, 0.3) is 11.1 Å². The van der Waals surface area contributed by atoms with Gasteiger partial charge in [0, 0.05) is 31.0 Å². The van der Waals surface area contributed by atoms with Crippen molar-refractivity contribution in [1.29, 1.82) is 0 Å². The molecular formula is C19H23N5O5. The lowest BCUT2D eigenvalue weighted by atomic mass is 9.94. The predicted molar refractivity (Wildman–Crippen MR) is 104 cm³/mol. The number of piperazine rings is 1. The smallest absolute Gasteiger partial charge is 0.433 e. The largest absolute Gasteiger partial charge is 0.527 e. The van der Waals surface area contributed by atoms with Crippen molar-refractivity contribution in [2.75, 3.05) is 37.7 Å². The van der Waals surface area contributed by atoms with Gasteiger partial charge < -0.3 is 18.9 Å². The lowest BCUT2D eigenvalue weighted by Gasteiger charge is -2.31. The molecule has 1 aromatic heterocycles. The molecule has 3 heterocycles. The van der Waals surface area contributed by atoms with E-state index >= 15 is 0 Å². The van der Waals surface area contributed by atoms with E-state index in [2.05, 4.69) is 15.5 Å².